The summed E-state index contributed by atoms with van der Waals surface area (Å²) in [6.45, 7) is 1.92. The summed E-state index contributed by atoms with van der Waals surface area (Å²) >= 11 is 6.15. The average molecular weight is 470 g/mol. The van der Waals surface area contributed by atoms with Crippen molar-refractivity contribution in [1.82, 2.24) is 4.98 Å². The monoisotopic (exact) mass is 469 g/mol. The smallest absolute Gasteiger partial charge is 0.309 e. The quantitative estimate of drug-likeness (QED) is 0.629. The first-order valence-corrected chi connectivity index (χ1v) is 11.0. The fourth-order valence-electron chi connectivity index (χ4n) is 6.11. The maximum atomic E-state index is 12.6. The highest BCUT2D eigenvalue weighted by atomic mass is 35.5. The molecule has 2 aliphatic carbocycles. The second kappa shape index (κ2) is 7.32. The minimum atomic E-state index is -2.13. The zero-order valence-electron chi connectivity index (χ0n) is 18.1. The van der Waals surface area contributed by atoms with E-state index >= 15 is 0 Å². The van der Waals surface area contributed by atoms with E-state index in [9.17, 15) is 20.1 Å². The molecule has 1 fully saturated rings. The van der Waals surface area contributed by atoms with Crippen LogP contribution in [0.2, 0.25) is 5.02 Å². The van der Waals surface area contributed by atoms with Gasteiger partial charge in [0.1, 0.15) is 17.6 Å². The maximum Gasteiger partial charge on any atom is 0.309 e. The number of methoxy groups -OCH3 is 1. The summed E-state index contributed by atoms with van der Waals surface area (Å²) in [4.78, 5) is 16.8. The molecule has 0 spiro atoms. The van der Waals surface area contributed by atoms with Gasteiger partial charge in [-0.15, -0.1) is 0 Å². The topological polar surface area (TPSA) is 109 Å². The number of carboxylic acid groups (broad SMARTS) is 1. The van der Waals surface area contributed by atoms with Crippen LogP contribution in [-0.2, 0) is 16.0 Å². The van der Waals surface area contributed by atoms with Crippen molar-refractivity contribution >= 4 is 17.6 Å². The molecule has 1 aromatic carbocycles. The van der Waals surface area contributed by atoms with Crippen molar-refractivity contribution in [2.75, 3.05) is 7.11 Å². The molecule has 3 N–H and O–H groups in total. The number of ether oxygens (including phenoxy) is 2. The summed E-state index contributed by atoms with van der Waals surface area (Å²) in [6.07, 6.45) is 9.29. The molecule has 5 rings (SSSR count). The van der Waals surface area contributed by atoms with E-state index in [-0.39, 0.29) is 17.1 Å². The van der Waals surface area contributed by atoms with Crippen LogP contribution < -0.4 is 9.47 Å². The van der Waals surface area contributed by atoms with Gasteiger partial charge in [-0.05, 0) is 29.5 Å². The Labute approximate surface area is 195 Å². The number of allylic oxidation sites excluding steroid dienone is 4. The first-order valence-electron chi connectivity index (χ1n) is 10.7. The number of rotatable bonds is 4. The highest BCUT2D eigenvalue weighted by Crippen LogP contribution is 2.70. The third-order valence-corrected chi connectivity index (χ3v) is 7.68. The number of nitrogens with zero attached hydrogens (tertiary/aromatic N) is 1. The first kappa shape index (κ1) is 21.9. The third-order valence-electron chi connectivity index (χ3n) is 7.43. The minimum absolute atomic E-state index is 0.190. The van der Waals surface area contributed by atoms with Crippen LogP contribution in [0, 0.1) is 17.3 Å². The molecule has 0 amide bonds. The molecule has 1 aromatic heterocycles. The van der Waals surface area contributed by atoms with Gasteiger partial charge in [-0.25, -0.2) is 0 Å². The molecule has 2 heterocycles. The van der Waals surface area contributed by atoms with Crippen molar-refractivity contribution in [3.8, 4) is 11.5 Å². The molecule has 7 nitrogen and oxygen atoms in total. The summed E-state index contributed by atoms with van der Waals surface area (Å²) < 4.78 is 12.0. The molecule has 1 saturated carbocycles. The van der Waals surface area contributed by atoms with Crippen LogP contribution in [0.1, 0.15) is 24.5 Å². The molecule has 0 bridgehead atoms. The van der Waals surface area contributed by atoms with Gasteiger partial charge in [0.2, 0.25) is 0 Å². The minimum Gasteiger partial charge on any atom is -0.495 e. The Morgan fingerprint density at radius 1 is 1.24 bits per heavy atom. The predicted molar refractivity (Wildman–Crippen MR) is 120 cm³/mol. The Bertz CT molecular complexity index is 1180. The van der Waals surface area contributed by atoms with Crippen LogP contribution >= 0.6 is 11.6 Å². The predicted octanol–water partition coefficient (Wildman–Crippen LogP) is 3.43. The van der Waals surface area contributed by atoms with Gasteiger partial charge < -0.3 is 24.8 Å². The zero-order valence-corrected chi connectivity index (χ0v) is 18.9. The lowest BCUT2D eigenvalue weighted by molar-refractivity contribution is -0.166. The average Bonchev–Trinajstić information content (AvgIpc) is 3.18. The summed E-state index contributed by atoms with van der Waals surface area (Å²) in [6, 6.07) is 6.72. The van der Waals surface area contributed by atoms with E-state index in [0.717, 1.165) is 0 Å². The maximum absolute atomic E-state index is 12.6. The third kappa shape index (κ3) is 2.70. The number of hydrogen-bond acceptors (Lipinski definition) is 6. The van der Waals surface area contributed by atoms with E-state index in [1.54, 1.807) is 24.3 Å². The Morgan fingerprint density at radius 2 is 1.97 bits per heavy atom. The molecule has 3 aliphatic rings. The second-order valence-corrected chi connectivity index (χ2v) is 9.55. The largest absolute Gasteiger partial charge is 0.495 e. The molecule has 1 aliphatic heterocycles. The van der Waals surface area contributed by atoms with Gasteiger partial charge in [-0.3, -0.25) is 9.78 Å². The van der Waals surface area contributed by atoms with Crippen molar-refractivity contribution in [1.29, 1.82) is 0 Å². The van der Waals surface area contributed by atoms with Crippen LogP contribution in [0.15, 0.2) is 61.0 Å². The summed E-state index contributed by atoms with van der Waals surface area (Å²) in [5.41, 5.74) is -3.84. The van der Waals surface area contributed by atoms with Crippen molar-refractivity contribution in [2.45, 2.75) is 30.7 Å². The fraction of sp³-hybridized carbons (Fsp3) is 0.360. The van der Waals surface area contributed by atoms with E-state index in [4.69, 9.17) is 21.1 Å². The summed E-state index contributed by atoms with van der Waals surface area (Å²) in [5.74, 6) is -2.97. The number of aliphatic hydroxyl groups excluding tert-OH is 1. The molecule has 0 radical (unpaired) electrons. The molecule has 1 unspecified atom stereocenters. The van der Waals surface area contributed by atoms with Crippen LogP contribution in [-0.4, -0.2) is 39.5 Å². The standard InChI is InChI=1S/C25H24ClNO6/c1-23(10-4-3-5-11-23)20-18(22(29)30)21(28)24(31)19-16(32-2)12-27-13-17(19)33-25(20,24)14-6-8-15(26)9-7-14/h3-10,12-13,18,20-21,28,31H,11H2,1-2H3,(H,29,30)/t18-,20+,21-,23?,24+,25+/m1/s1. The van der Waals surface area contributed by atoms with Crippen LogP contribution in [0.5, 0.6) is 11.5 Å². The zero-order chi connectivity index (χ0) is 23.6. The number of carboxylic acids is 1. The second-order valence-electron chi connectivity index (χ2n) is 9.11. The van der Waals surface area contributed by atoms with Crippen molar-refractivity contribution < 1.29 is 29.6 Å². The Hall–Kier alpha value is -2.87. The first-order chi connectivity index (χ1) is 15.7. The van der Waals surface area contributed by atoms with Crippen molar-refractivity contribution in [3.05, 3.63) is 77.1 Å². The van der Waals surface area contributed by atoms with Crippen LogP contribution in [0.3, 0.4) is 0 Å². The van der Waals surface area contributed by atoms with E-state index in [1.807, 2.05) is 31.2 Å². The highest BCUT2D eigenvalue weighted by molar-refractivity contribution is 6.30. The van der Waals surface area contributed by atoms with Gasteiger partial charge in [0.25, 0.3) is 0 Å². The number of aliphatic carboxylic acids is 1. The number of fused-ring (bicyclic) bond motifs is 3. The Kier molecular flexibility index (Phi) is 4.87. The number of aromatic nitrogens is 1. The number of halogens is 1. The number of hydrogen-bond donors (Lipinski definition) is 3. The van der Waals surface area contributed by atoms with Gasteiger partial charge in [0.15, 0.2) is 11.2 Å². The fourth-order valence-corrected chi connectivity index (χ4v) is 6.24. The molecule has 8 heteroatoms. The number of benzene rings is 1. The highest BCUT2D eigenvalue weighted by Gasteiger charge is 2.80. The number of pyridine rings is 1. The van der Waals surface area contributed by atoms with Gasteiger partial charge >= 0.3 is 5.97 Å². The molecule has 6 atom stereocenters. The lowest BCUT2D eigenvalue weighted by atomic mass is 9.60. The molecule has 2 aromatic rings. The van der Waals surface area contributed by atoms with Crippen molar-refractivity contribution in [2.24, 2.45) is 17.3 Å². The lowest BCUT2D eigenvalue weighted by Gasteiger charge is -2.47. The van der Waals surface area contributed by atoms with Gasteiger partial charge in [0.05, 0.1) is 31.0 Å². The number of carbonyl (C=O) groups is 1. The summed E-state index contributed by atoms with van der Waals surface area (Å²) in [7, 11) is 1.42. The Morgan fingerprint density at radius 3 is 2.58 bits per heavy atom. The molecule has 33 heavy (non-hydrogen) atoms. The van der Waals surface area contributed by atoms with E-state index in [2.05, 4.69) is 4.98 Å². The lowest BCUT2D eigenvalue weighted by Crippen LogP contribution is -2.55. The molecular weight excluding hydrogens is 446 g/mol. The summed E-state index contributed by atoms with van der Waals surface area (Å²) in [5, 5.41) is 34.8. The van der Waals surface area contributed by atoms with Gasteiger partial charge in [0, 0.05) is 10.9 Å². The van der Waals surface area contributed by atoms with Crippen LogP contribution in [0.4, 0.5) is 0 Å². The number of aliphatic hydroxyl groups is 2. The molecule has 0 saturated heterocycles. The SMILES string of the molecule is COc1cncc2c1[C@]1(O)[C@H](O)[C@H](C(=O)O)[C@@H](C3(C)C=CC=CC3)[C@]1(c1ccc(Cl)cc1)O2. The van der Waals surface area contributed by atoms with E-state index < -0.39 is 40.5 Å². The van der Waals surface area contributed by atoms with Gasteiger partial charge in [-0.1, -0.05) is 55.0 Å². The van der Waals surface area contributed by atoms with Gasteiger partial charge in [-0.2, -0.15) is 0 Å². The van der Waals surface area contributed by atoms with E-state index in [0.29, 0.717) is 17.0 Å². The van der Waals surface area contributed by atoms with Crippen molar-refractivity contribution in [3.63, 3.8) is 0 Å². The normalized spacial score (nSPS) is 36.2. The molecule has 172 valence electrons. The Balaban J connectivity index is 1.88. The van der Waals surface area contributed by atoms with Crippen LogP contribution in [0.25, 0.3) is 0 Å². The molecular formula is C25H24ClNO6. The van der Waals surface area contributed by atoms with E-state index in [1.165, 1.54) is 19.5 Å².